The van der Waals surface area contributed by atoms with E-state index in [1.807, 2.05) is 12.3 Å². The van der Waals surface area contributed by atoms with E-state index >= 15 is 0 Å². The minimum Gasteiger partial charge on any atom is -0.384 e. The fourth-order valence-corrected chi connectivity index (χ4v) is 6.88. The topological polar surface area (TPSA) is 124 Å². The molecule has 2 aliphatic heterocycles. The van der Waals surface area contributed by atoms with Crippen molar-refractivity contribution in [2.24, 2.45) is 5.92 Å². The van der Waals surface area contributed by atoms with E-state index < -0.39 is 27.9 Å². The van der Waals surface area contributed by atoms with E-state index in [0.717, 1.165) is 35.5 Å². The molecule has 0 saturated carbocycles. The Balaban J connectivity index is 1.42. The molecule has 3 aromatic rings. The maximum atomic E-state index is 14.5. The molecule has 0 bridgehead atoms. The van der Waals surface area contributed by atoms with Gasteiger partial charge < -0.3 is 20.2 Å². The third kappa shape index (κ3) is 5.78. The Kier molecular flexibility index (Phi) is 7.56. The van der Waals surface area contributed by atoms with Gasteiger partial charge in [0.2, 0.25) is 5.95 Å². The SMILES string of the molecule is CC[C@@H]1[C@@H](CS(C)(=O)=O)CN1c1ncc(C(C)C)c2cc(Nc3ccnc(N4CC[C@](C)(O)C(F)(F)C4)n3)ncc12. The summed E-state index contributed by atoms with van der Waals surface area (Å²) < 4.78 is 52.8. The molecule has 5 rings (SSSR count). The number of hydrogen-bond acceptors (Lipinski definition) is 10. The Morgan fingerprint density at radius 1 is 1.17 bits per heavy atom. The van der Waals surface area contributed by atoms with E-state index in [4.69, 9.17) is 4.98 Å². The first kappa shape index (κ1) is 29.3. The molecule has 13 heteroatoms. The first-order valence-corrected chi connectivity index (χ1v) is 15.9. The fraction of sp³-hybridized carbons (Fsp3) is 0.571. The third-order valence-electron chi connectivity index (χ3n) is 8.21. The molecule has 5 heterocycles. The second kappa shape index (κ2) is 10.6. The Morgan fingerprint density at radius 2 is 1.93 bits per heavy atom. The van der Waals surface area contributed by atoms with Crippen molar-refractivity contribution in [3.8, 4) is 0 Å². The Bertz CT molecular complexity index is 1550. The van der Waals surface area contributed by atoms with Gasteiger partial charge in [0.05, 0.1) is 12.3 Å². The van der Waals surface area contributed by atoms with Crippen LogP contribution in [-0.2, 0) is 9.84 Å². The molecule has 2 fully saturated rings. The summed E-state index contributed by atoms with van der Waals surface area (Å²) in [5, 5.41) is 15.1. The molecular formula is C28H37F2N7O3S. The number of aromatic nitrogens is 4. The summed E-state index contributed by atoms with van der Waals surface area (Å²) in [4.78, 5) is 21.6. The van der Waals surface area contributed by atoms with E-state index in [-0.39, 0.29) is 42.5 Å². The molecule has 0 unspecified atom stereocenters. The van der Waals surface area contributed by atoms with Crippen molar-refractivity contribution >= 4 is 44.0 Å². The molecule has 3 aromatic heterocycles. The summed E-state index contributed by atoms with van der Waals surface area (Å²) in [5.41, 5.74) is -1.03. The second-order valence-corrected chi connectivity index (χ2v) is 14.0. The lowest BCUT2D eigenvalue weighted by Crippen LogP contribution is -2.59. The van der Waals surface area contributed by atoms with Crippen LogP contribution in [0, 0.1) is 5.92 Å². The number of alkyl halides is 2. The van der Waals surface area contributed by atoms with Crippen molar-refractivity contribution in [3.05, 3.63) is 36.3 Å². The lowest BCUT2D eigenvalue weighted by molar-refractivity contribution is -0.177. The van der Waals surface area contributed by atoms with Gasteiger partial charge in [0.25, 0.3) is 5.92 Å². The van der Waals surface area contributed by atoms with Crippen LogP contribution >= 0.6 is 0 Å². The summed E-state index contributed by atoms with van der Waals surface area (Å²) >= 11 is 0. The molecule has 0 radical (unpaired) electrons. The smallest absolute Gasteiger partial charge is 0.293 e. The van der Waals surface area contributed by atoms with Crippen molar-refractivity contribution in [1.29, 1.82) is 0 Å². The highest BCUT2D eigenvalue weighted by atomic mass is 32.2. The van der Waals surface area contributed by atoms with Gasteiger partial charge in [-0.25, -0.2) is 32.2 Å². The summed E-state index contributed by atoms with van der Waals surface area (Å²) in [6, 6.07) is 3.65. The standard InChI is InChI=1S/C28H37F2N7O3S/c1-6-22-18(15-41(5,39)40)14-37(22)25-21-13-32-24(11-19(21)20(12-33-25)17(2)3)34-23-7-9-31-26(35-23)36-10-8-27(4,38)28(29,30)16-36/h7,9,11-13,17-18,22,38H,6,8,10,14-16H2,1-5H3,(H,31,32,34,35)/t18-,22-,27+/m1/s1. The van der Waals surface area contributed by atoms with E-state index in [0.29, 0.717) is 18.2 Å². The number of rotatable bonds is 8. The van der Waals surface area contributed by atoms with E-state index in [1.165, 1.54) is 17.4 Å². The molecule has 10 nitrogen and oxygen atoms in total. The van der Waals surface area contributed by atoms with Gasteiger partial charge in [-0.15, -0.1) is 0 Å². The highest BCUT2D eigenvalue weighted by molar-refractivity contribution is 7.90. The first-order chi connectivity index (χ1) is 19.2. The highest BCUT2D eigenvalue weighted by Crippen LogP contribution is 2.40. The number of sulfone groups is 1. The van der Waals surface area contributed by atoms with E-state index in [9.17, 15) is 22.3 Å². The summed E-state index contributed by atoms with van der Waals surface area (Å²) in [5.74, 6) is -1.03. The van der Waals surface area contributed by atoms with E-state index in [2.05, 4.69) is 45.9 Å². The van der Waals surface area contributed by atoms with Crippen molar-refractivity contribution < 1.29 is 22.3 Å². The summed E-state index contributed by atoms with van der Waals surface area (Å²) in [7, 11) is -3.08. The molecule has 222 valence electrons. The van der Waals surface area contributed by atoms with Gasteiger partial charge in [-0.1, -0.05) is 20.8 Å². The van der Waals surface area contributed by atoms with Gasteiger partial charge in [0.1, 0.15) is 32.9 Å². The lowest BCUT2D eigenvalue weighted by atomic mass is 9.87. The fourth-order valence-electron chi connectivity index (χ4n) is 5.77. The predicted octanol–water partition coefficient (Wildman–Crippen LogP) is 4.14. The molecule has 0 aliphatic carbocycles. The highest BCUT2D eigenvalue weighted by Gasteiger charge is 2.53. The molecule has 2 N–H and O–H groups in total. The maximum Gasteiger partial charge on any atom is 0.293 e. The number of aliphatic hydroxyl groups is 1. The number of fused-ring (bicyclic) bond motifs is 1. The largest absolute Gasteiger partial charge is 0.384 e. The molecule has 0 aromatic carbocycles. The van der Waals surface area contributed by atoms with Crippen molar-refractivity contribution in [2.75, 3.05) is 46.8 Å². The number of nitrogens with one attached hydrogen (secondary N) is 1. The van der Waals surface area contributed by atoms with Crippen molar-refractivity contribution in [3.63, 3.8) is 0 Å². The van der Waals surface area contributed by atoms with Crippen LogP contribution in [-0.4, -0.2) is 82.7 Å². The molecule has 2 aliphatic rings. The summed E-state index contributed by atoms with van der Waals surface area (Å²) in [6.45, 7) is 7.53. The molecular weight excluding hydrogens is 552 g/mol. The second-order valence-electron chi connectivity index (χ2n) is 11.8. The zero-order chi connectivity index (χ0) is 29.7. The van der Waals surface area contributed by atoms with Gasteiger partial charge >= 0.3 is 0 Å². The van der Waals surface area contributed by atoms with E-state index in [1.54, 1.807) is 12.3 Å². The number of anilines is 4. The minimum absolute atomic E-state index is 0.0588. The quantitative estimate of drug-likeness (QED) is 0.396. The van der Waals surface area contributed by atoms with Crippen LogP contribution < -0.4 is 15.1 Å². The number of halogens is 2. The third-order valence-corrected chi connectivity index (χ3v) is 9.25. The van der Waals surface area contributed by atoms with Gasteiger partial charge in [-0.05, 0) is 48.8 Å². The molecule has 0 amide bonds. The van der Waals surface area contributed by atoms with Gasteiger partial charge in [0, 0.05) is 55.3 Å². The molecule has 0 spiro atoms. The van der Waals surface area contributed by atoms with Crippen LogP contribution in [0.1, 0.15) is 52.0 Å². The normalized spacial score (nSPS) is 24.5. The van der Waals surface area contributed by atoms with Crippen LogP contribution in [0.3, 0.4) is 0 Å². The molecule has 3 atom stereocenters. The zero-order valence-electron chi connectivity index (χ0n) is 24.0. The van der Waals surface area contributed by atoms with Gasteiger partial charge in [0.15, 0.2) is 0 Å². The van der Waals surface area contributed by atoms with Crippen LogP contribution in [0.5, 0.6) is 0 Å². The van der Waals surface area contributed by atoms with Crippen LogP contribution in [0.4, 0.5) is 32.2 Å². The Hall–Kier alpha value is -3.19. The van der Waals surface area contributed by atoms with Crippen LogP contribution in [0.15, 0.2) is 30.7 Å². The Labute approximate surface area is 239 Å². The van der Waals surface area contributed by atoms with Gasteiger partial charge in [-0.2, -0.15) is 4.98 Å². The zero-order valence-corrected chi connectivity index (χ0v) is 24.8. The minimum atomic E-state index is -3.30. The van der Waals surface area contributed by atoms with Crippen LogP contribution in [0.25, 0.3) is 10.8 Å². The Morgan fingerprint density at radius 3 is 2.59 bits per heavy atom. The van der Waals surface area contributed by atoms with Crippen molar-refractivity contribution in [1.82, 2.24) is 19.9 Å². The maximum absolute atomic E-state index is 14.5. The first-order valence-electron chi connectivity index (χ1n) is 13.9. The number of nitrogens with zero attached hydrogens (tertiary/aromatic N) is 6. The molecule has 2 saturated heterocycles. The van der Waals surface area contributed by atoms with Gasteiger partial charge in [-0.3, -0.25) is 0 Å². The lowest BCUT2D eigenvalue weighted by Gasteiger charge is -2.49. The number of piperidine rings is 1. The number of pyridine rings is 2. The summed E-state index contributed by atoms with van der Waals surface area (Å²) in [6.07, 6.45) is 7.11. The monoisotopic (exact) mass is 589 g/mol. The molecule has 41 heavy (non-hydrogen) atoms. The average molecular weight is 590 g/mol. The average Bonchev–Trinajstić information content (AvgIpc) is 2.87. The van der Waals surface area contributed by atoms with Crippen molar-refractivity contribution in [2.45, 2.75) is 64.0 Å². The predicted molar refractivity (Wildman–Crippen MR) is 156 cm³/mol. The van der Waals surface area contributed by atoms with Crippen LogP contribution in [0.2, 0.25) is 0 Å². The number of hydrogen-bond donors (Lipinski definition) is 2.